The maximum absolute atomic E-state index is 12.9. The molecule has 0 spiro atoms. The maximum atomic E-state index is 12.9. The van der Waals surface area contributed by atoms with Gasteiger partial charge in [0.15, 0.2) is 0 Å². The van der Waals surface area contributed by atoms with Crippen molar-refractivity contribution < 1.29 is 14.2 Å². The Bertz CT molecular complexity index is 578. The number of hydrogen-bond acceptors (Lipinski definition) is 4. The average molecular weight is 313 g/mol. The van der Waals surface area contributed by atoms with Crippen molar-refractivity contribution in [1.82, 2.24) is 9.97 Å². The molecule has 1 aromatic carbocycles. The van der Waals surface area contributed by atoms with Crippen LogP contribution in [0.1, 0.15) is 11.3 Å². The van der Waals surface area contributed by atoms with Crippen LogP contribution in [0.5, 0.6) is 11.8 Å². The van der Waals surface area contributed by atoms with E-state index in [1.54, 1.807) is 6.92 Å². The summed E-state index contributed by atoms with van der Waals surface area (Å²) < 4.78 is 18.8. The van der Waals surface area contributed by atoms with Crippen molar-refractivity contribution in [2.24, 2.45) is 0 Å². The second kappa shape index (κ2) is 5.41. The van der Waals surface area contributed by atoms with Crippen molar-refractivity contribution in [2.45, 2.75) is 13.5 Å². The Morgan fingerprint density at radius 2 is 2.22 bits per heavy atom. The summed E-state index contributed by atoms with van der Waals surface area (Å²) in [6.07, 6.45) is 1.50. The smallest absolute Gasteiger partial charge is 0.322 e. The second-order valence-electron chi connectivity index (χ2n) is 3.60. The molecule has 1 aromatic heterocycles. The molecule has 0 aliphatic rings. The molecule has 0 unspecified atom stereocenters. The first-order valence-electron chi connectivity index (χ1n) is 5.16. The number of halogens is 2. The number of aromatic nitrogens is 2. The summed E-state index contributed by atoms with van der Waals surface area (Å²) in [6, 6.07) is 4.22. The molecular formula is C12H10BrFN2O2. The van der Waals surface area contributed by atoms with E-state index in [1.165, 1.54) is 24.4 Å². The summed E-state index contributed by atoms with van der Waals surface area (Å²) in [5.41, 5.74) is 1.28. The highest BCUT2D eigenvalue weighted by atomic mass is 79.9. The van der Waals surface area contributed by atoms with Crippen LogP contribution in [0.15, 0.2) is 28.9 Å². The summed E-state index contributed by atoms with van der Waals surface area (Å²) in [6.45, 7) is 1.63. The predicted octanol–water partition coefficient (Wildman–Crippen LogP) is 2.97. The Morgan fingerprint density at radius 3 is 2.83 bits per heavy atom. The SMILES string of the molecule is Cc1nc(Oc2ccc(F)cc2Br)ncc1CO. The summed E-state index contributed by atoms with van der Waals surface area (Å²) in [5.74, 6) is 0.0644. The van der Waals surface area contributed by atoms with Crippen molar-refractivity contribution in [1.29, 1.82) is 0 Å². The van der Waals surface area contributed by atoms with Crippen LogP contribution in [-0.2, 0) is 6.61 Å². The van der Waals surface area contributed by atoms with Gasteiger partial charge in [-0.3, -0.25) is 0 Å². The first-order valence-corrected chi connectivity index (χ1v) is 5.95. The minimum Gasteiger partial charge on any atom is -0.423 e. The highest BCUT2D eigenvalue weighted by Crippen LogP contribution is 2.28. The Hall–Kier alpha value is -1.53. The molecular weight excluding hydrogens is 303 g/mol. The Morgan fingerprint density at radius 1 is 1.44 bits per heavy atom. The molecule has 0 saturated carbocycles. The number of benzene rings is 1. The molecule has 0 radical (unpaired) electrons. The van der Waals surface area contributed by atoms with E-state index in [9.17, 15) is 4.39 Å². The second-order valence-corrected chi connectivity index (χ2v) is 4.45. The van der Waals surface area contributed by atoms with Gasteiger partial charge in [0, 0.05) is 11.8 Å². The van der Waals surface area contributed by atoms with E-state index in [0.29, 0.717) is 21.5 Å². The Balaban J connectivity index is 2.26. The van der Waals surface area contributed by atoms with Crippen LogP contribution in [0.3, 0.4) is 0 Å². The minimum atomic E-state index is -0.359. The normalized spacial score (nSPS) is 10.4. The van der Waals surface area contributed by atoms with Gasteiger partial charge in [-0.1, -0.05) is 0 Å². The molecule has 0 fully saturated rings. The molecule has 18 heavy (non-hydrogen) atoms. The first-order chi connectivity index (χ1) is 8.60. The van der Waals surface area contributed by atoms with Crippen molar-refractivity contribution in [3.05, 3.63) is 45.9 Å². The van der Waals surface area contributed by atoms with Crippen LogP contribution in [0.4, 0.5) is 4.39 Å². The molecule has 0 aliphatic carbocycles. The fourth-order valence-electron chi connectivity index (χ4n) is 1.33. The van der Waals surface area contributed by atoms with Gasteiger partial charge in [0.05, 0.1) is 16.8 Å². The van der Waals surface area contributed by atoms with E-state index in [0.717, 1.165) is 0 Å². The van der Waals surface area contributed by atoms with E-state index in [1.807, 2.05) is 0 Å². The van der Waals surface area contributed by atoms with Gasteiger partial charge >= 0.3 is 6.01 Å². The Kier molecular flexibility index (Phi) is 3.88. The lowest BCUT2D eigenvalue weighted by Gasteiger charge is -2.07. The van der Waals surface area contributed by atoms with E-state index in [2.05, 4.69) is 25.9 Å². The number of hydrogen-bond donors (Lipinski definition) is 1. The monoisotopic (exact) mass is 312 g/mol. The third-order valence-electron chi connectivity index (χ3n) is 2.32. The van der Waals surface area contributed by atoms with Crippen molar-refractivity contribution in [3.8, 4) is 11.8 Å². The largest absolute Gasteiger partial charge is 0.423 e. The molecule has 0 atom stereocenters. The van der Waals surface area contributed by atoms with Gasteiger partial charge in [0.25, 0.3) is 0 Å². The number of ether oxygens (including phenoxy) is 1. The number of rotatable bonds is 3. The first kappa shape index (κ1) is 12.9. The number of aliphatic hydroxyl groups is 1. The lowest BCUT2D eigenvalue weighted by atomic mass is 10.3. The van der Waals surface area contributed by atoms with Crippen LogP contribution in [0.2, 0.25) is 0 Å². The van der Waals surface area contributed by atoms with Gasteiger partial charge in [-0.05, 0) is 41.1 Å². The quantitative estimate of drug-likeness (QED) is 0.946. The van der Waals surface area contributed by atoms with E-state index < -0.39 is 0 Å². The molecule has 6 heteroatoms. The molecule has 94 valence electrons. The van der Waals surface area contributed by atoms with Gasteiger partial charge in [0.2, 0.25) is 0 Å². The topological polar surface area (TPSA) is 55.2 Å². The van der Waals surface area contributed by atoms with Crippen LogP contribution >= 0.6 is 15.9 Å². The Labute approximate surface area is 112 Å². The van der Waals surface area contributed by atoms with Crippen LogP contribution in [0, 0.1) is 12.7 Å². The van der Waals surface area contributed by atoms with Gasteiger partial charge in [0.1, 0.15) is 11.6 Å². The summed E-state index contributed by atoms with van der Waals surface area (Å²) >= 11 is 3.19. The fraction of sp³-hybridized carbons (Fsp3) is 0.167. The van der Waals surface area contributed by atoms with Gasteiger partial charge in [-0.25, -0.2) is 9.37 Å². The lowest BCUT2D eigenvalue weighted by Crippen LogP contribution is -1.98. The molecule has 0 aliphatic heterocycles. The van der Waals surface area contributed by atoms with Crippen molar-refractivity contribution in [2.75, 3.05) is 0 Å². The molecule has 1 N–H and O–H groups in total. The summed E-state index contributed by atoms with van der Waals surface area (Å²) in [4.78, 5) is 8.06. The third kappa shape index (κ3) is 2.83. The maximum Gasteiger partial charge on any atom is 0.322 e. The predicted molar refractivity (Wildman–Crippen MR) is 66.9 cm³/mol. The van der Waals surface area contributed by atoms with Crippen molar-refractivity contribution >= 4 is 15.9 Å². The molecule has 0 bridgehead atoms. The van der Waals surface area contributed by atoms with Crippen LogP contribution in [0.25, 0.3) is 0 Å². The van der Waals surface area contributed by atoms with Crippen LogP contribution in [-0.4, -0.2) is 15.1 Å². The van der Waals surface area contributed by atoms with Gasteiger partial charge in [-0.2, -0.15) is 4.98 Å². The average Bonchev–Trinajstić information content (AvgIpc) is 2.33. The zero-order valence-electron chi connectivity index (χ0n) is 9.52. The summed E-state index contributed by atoms with van der Waals surface area (Å²) in [5, 5.41) is 9.00. The molecule has 1 heterocycles. The molecule has 2 rings (SSSR count). The van der Waals surface area contributed by atoms with E-state index in [4.69, 9.17) is 9.84 Å². The highest BCUT2D eigenvalue weighted by Gasteiger charge is 2.08. The van der Waals surface area contributed by atoms with Crippen molar-refractivity contribution in [3.63, 3.8) is 0 Å². The van der Waals surface area contributed by atoms with Crippen LogP contribution < -0.4 is 4.74 Å². The van der Waals surface area contributed by atoms with Gasteiger partial charge in [-0.15, -0.1) is 0 Å². The zero-order chi connectivity index (χ0) is 13.1. The zero-order valence-corrected chi connectivity index (χ0v) is 11.1. The highest BCUT2D eigenvalue weighted by molar-refractivity contribution is 9.10. The summed E-state index contributed by atoms with van der Waals surface area (Å²) in [7, 11) is 0. The fourth-order valence-corrected chi connectivity index (χ4v) is 1.76. The standard InChI is InChI=1S/C12H10BrFN2O2/c1-7-8(6-17)5-15-12(16-7)18-11-3-2-9(14)4-10(11)13/h2-5,17H,6H2,1H3. The third-order valence-corrected chi connectivity index (χ3v) is 2.94. The molecule has 0 saturated heterocycles. The lowest BCUT2D eigenvalue weighted by molar-refractivity contribution is 0.279. The molecule has 2 aromatic rings. The molecule has 4 nitrogen and oxygen atoms in total. The minimum absolute atomic E-state index is 0.119. The van der Waals surface area contributed by atoms with E-state index in [-0.39, 0.29) is 18.4 Å². The molecule has 0 amide bonds. The number of aryl methyl sites for hydroxylation is 1. The number of aliphatic hydroxyl groups excluding tert-OH is 1. The number of nitrogens with zero attached hydrogens (tertiary/aromatic N) is 2. The van der Waals surface area contributed by atoms with Gasteiger partial charge < -0.3 is 9.84 Å². The van der Waals surface area contributed by atoms with E-state index >= 15 is 0 Å².